The second-order valence-corrected chi connectivity index (χ2v) is 5.48. The summed E-state index contributed by atoms with van der Waals surface area (Å²) in [4.78, 5) is 23.8. The monoisotopic (exact) mass is 325 g/mol. The van der Waals surface area contributed by atoms with E-state index < -0.39 is 11.8 Å². The Morgan fingerprint density at radius 3 is 2.82 bits per heavy atom. The number of halogens is 1. The third kappa shape index (κ3) is 3.42. The van der Waals surface area contributed by atoms with Crippen LogP contribution >= 0.6 is 11.3 Å². The lowest BCUT2D eigenvalue weighted by atomic mass is 10.1. The van der Waals surface area contributed by atoms with E-state index in [2.05, 4.69) is 5.32 Å². The normalized spacial score (nSPS) is 10.7. The highest BCUT2D eigenvalue weighted by Gasteiger charge is 2.21. The fraction of sp³-hybridized carbons (Fsp3) is 0.333. The molecule has 7 heteroatoms. The second-order valence-electron chi connectivity index (χ2n) is 4.43. The van der Waals surface area contributed by atoms with Crippen LogP contribution < -0.4 is 5.32 Å². The molecular weight excluding hydrogens is 309 g/mol. The zero-order valence-corrected chi connectivity index (χ0v) is 13.1. The van der Waals surface area contributed by atoms with Crippen molar-refractivity contribution in [2.75, 3.05) is 20.3 Å². The molecule has 0 saturated heterocycles. The van der Waals surface area contributed by atoms with Crippen molar-refractivity contribution in [3.63, 3.8) is 0 Å². The predicted molar refractivity (Wildman–Crippen MR) is 81.5 cm³/mol. The average molecular weight is 325 g/mol. The van der Waals surface area contributed by atoms with Crippen LogP contribution in [-0.2, 0) is 20.8 Å². The Balaban J connectivity index is 2.33. The lowest BCUT2D eigenvalue weighted by Crippen LogP contribution is -2.27. The Kier molecular flexibility index (Phi) is 5.46. The number of carbonyl (C=O) groups excluding carboxylic acids is 2. The van der Waals surface area contributed by atoms with Gasteiger partial charge in [-0.2, -0.15) is 0 Å². The summed E-state index contributed by atoms with van der Waals surface area (Å²) in [7, 11) is 1.26. The minimum absolute atomic E-state index is 0.0390. The summed E-state index contributed by atoms with van der Waals surface area (Å²) in [6, 6.07) is 4.62. The van der Waals surface area contributed by atoms with Crippen LogP contribution in [-0.4, -0.2) is 32.2 Å². The Morgan fingerprint density at radius 2 is 2.14 bits per heavy atom. The average Bonchev–Trinajstić information content (AvgIpc) is 2.90. The fourth-order valence-corrected chi connectivity index (χ4v) is 3.18. The molecule has 2 rings (SSSR count). The van der Waals surface area contributed by atoms with Crippen LogP contribution in [0.2, 0.25) is 0 Å². The van der Waals surface area contributed by atoms with E-state index in [0.717, 1.165) is 11.3 Å². The number of hydrogen-bond donors (Lipinski definition) is 1. The smallest absolute Gasteiger partial charge is 0.348 e. The maximum absolute atomic E-state index is 14.1. The van der Waals surface area contributed by atoms with Gasteiger partial charge in [-0.15, -0.1) is 11.3 Å². The maximum Gasteiger partial charge on any atom is 0.348 e. The topological polar surface area (TPSA) is 64.6 Å². The molecule has 1 aromatic heterocycles. The largest absolute Gasteiger partial charge is 0.465 e. The number of amides is 1. The molecule has 118 valence electrons. The highest BCUT2D eigenvalue weighted by Crippen LogP contribution is 2.33. The summed E-state index contributed by atoms with van der Waals surface area (Å²) in [5, 5.41) is 2.96. The Labute approximate surface area is 131 Å². The Morgan fingerprint density at radius 1 is 1.36 bits per heavy atom. The fourth-order valence-electron chi connectivity index (χ4n) is 2.03. The Bertz CT molecular complexity index is 698. The maximum atomic E-state index is 14.1. The molecule has 2 aromatic rings. The van der Waals surface area contributed by atoms with E-state index in [1.165, 1.54) is 13.2 Å². The Hall–Kier alpha value is -1.99. The van der Waals surface area contributed by atoms with Crippen molar-refractivity contribution in [3.05, 3.63) is 34.5 Å². The highest BCUT2D eigenvalue weighted by molar-refractivity contribution is 7.21. The van der Waals surface area contributed by atoms with E-state index in [9.17, 15) is 14.0 Å². The number of ether oxygens (including phenoxy) is 2. The molecular formula is C15H16FNO4S. The van der Waals surface area contributed by atoms with Gasteiger partial charge in [0.05, 0.1) is 7.11 Å². The number of esters is 1. The quantitative estimate of drug-likeness (QED) is 0.829. The molecule has 0 aliphatic carbocycles. The van der Waals surface area contributed by atoms with Crippen molar-refractivity contribution in [3.8, 4) is 0 Å². The van der Waals surface area contributed by atoms with Crippen LogP contribution in [0.1, 0.15) is 22.2 Å². The van der Waals surface area contributed by atoms with Gasteiger partial charge in [-0.25, -0.2) is 9.18 Å². The van der Waals surface area contributed by atoms with E-state index in [1.54, 1.807) is 19.1 Å². The third-order valence-electron chi connectivity index (χ3n) is 3.03. The summed E-state index contributed by atoms with van der Waals surface area (Å²) in [5.74, 6) is -1.30. The van der Waals surface area contributed by atoms with Gasteiger partial charge < -0.3 is 14.8 Å². The molecule has 0 unspecified atom stereocenters. The van der Waals surface area contributed by atoms with Gasteiger partial charge in [0.1, 0.15) is 17.3 Å². The van der Waals surface area contributed by atoms with Crippen LogP contribution in [0.4, 0.5) is 4.39 Å². The number of fused-ring (bicyclic) bond motifs is 1. The van der Waals surface area contributed by atoms with Crippen LogP contribution in [0.3, 0.4) is 0 Å². The lowest BCUT2D eigenvalue weighted by Gasteiger charge is -2.07. The first kappa shape index (κ1) is 16.4. The van der Waals surface area contributed by atoms with Gasteiger partial charge in [0.25, 0.3) is 0 Å². The highest BCUT2D eigenvalue weighted by atomic mass is 32.1. The number of nitrogens with one attached hydrogen (secondary N) is 1. The number of rotatable bonds is 6. The first-order valence-corrected chi connectivity index (χ1v) is 7.52. The third-order valence-corrected chi connectivity index (χ3v) is 4.21. The predicted octanol–water partition coefficient (Wildman–Crippen LogP) is 2.48. The standard InChI is InChI=1S/C15H16FNO4S/c1-3-21-8-12(18)17-7-9-13-10(16)5-4-6-11(13)22-14(9)15(19)20-2/h4-6H,3,7-8H2,1-2H3,(H,17,18). The molecule has 0 spiro atoms. The number of thiophene rings is 1. The molecule has 0 saturated carbocycles. The molecule has 0 radical (unpaired) electrons. The van der Waals surface area contributed by atoms with E-state index >= 15 is 0 Å². The summed E-state index contributed by atoms with van der Waals surface area (Å²) < 4.78 is 24.4. The molecule has 22 heavy (non-hydrogen) atoms. The van der Waals surface area contributed by atoms with E-state index in [4.69, 9.17) is 9.47 Å². The summed E-state index contributed by atoms with van der Waals surface area (Å²) in [5.41, 5.74) is 0.426. The van der Waals surface area contributed by atoms with Gasteiger partial charge in [-0.05, 0) is 19.1 Å². The van der Waals surface area contributed by atoms with Crippen molar-refractivity contribution in [1.82, 2.24) is 5.32 Å². The SMILES string of the molecule is CCOCC(=O)NCc1c(C(=O)OC)sc2cccc(F)c12. The molecule has 1 aromatic carbocycles. The van der Waals surface area contributed by atoms with Gasteiger partial charge in [-0.3, -0.25) is 4.79 Å². The minimum Gasteiger partial charge on any atom is -0.465 e. The minimum atomic E-state index is -0.547. The van der Waals surface area contributed by atoms with Gasteiger partial charge in [0.15, 0.2) is 0 Å². The van der Waals surface area contributed by atoms with Gasteiger partial charge in [0, 0.05) is 28.8 Å². The molecule has 0 bridgehead atoms. The van der Waals surface area contributed by atoms with Gasteiger partial charge >= 0.3 is 5.97 Å². The molecule has 0 atom stereocenters. The number of hydrogen-bond acceptors (Lipinski definition) is 5. The van der Waals surface area contributed by atoms with Crippen LogP contribution in [0.25, 0.3) is 10.1 Å². The van der Waals surface area contributed by atoms with Gasteiger partial charge in [-0.1, -0.05) is 6.07 Å². The molecule has 1 heterocycles. The molecule has 5 nitrogen and oxygen atoms in total. The second kappa shape index (κ2) is 7.33. The van der Waals surface area contributed by atoms with Crippen LogP contribution in [0.5, 0.6) is 0 Å². The van der Waals surface area contributed by atoms with Crippen LogP contribution in [0, 0.1) is 5.82 Å². The van der Waals surface area contributed by atoms with Gasteiger partial charge in [0.2, 0.25) is 5.91 Å². The zero-order chi connectivity index (χ0) is 16.1. The molecule has 1 N–H and O–H groups in total. The number of benzene rings is 1. The lowest BCUT2D eigenvalue weighted by molar-refractivity contribution is -0.125. The molecule has 0 fully saturated rings. The summed E-state index contributed by atoms with van der Waals surface area (Å²) in [6.07, 6.45) is 0. The first-order valence-electron chi connectivity index (χ1n) is 6.71. The zero-order valence-electron chi connectivity index (χ0n) is 12.3. The molecule has 1 amide bonds. The summed E-state index contributed by atoms with van der Waals surface area (Å²) in [6.45, 7) is 2.17. The van der Waals surface area contributed by atoms with Crippen molar-refractivity contribution >= 4 is 33.3 Å². The molecule has 0 aliphatic heterocycles. The van der Waals surface area contributed by atoms with Crippen molar-refractivity contribution in [2.45, 2.75) is 13.5 Å². The van der Waals surface area contributed by atoms with E-state index in [0.29, 0.717) is 27.1 Å². The number of carbonyl (C=O) groups is 2. The first-order chi connectivity index (χ1) is 10.6. The van der Waals surface area contributed by atoms with Crippen molar-refractivity contribution in [2.24, 2.45) is 0 Å². The molecule has 0 aliphatic rings. The van der Waals surface area contributed by atoms with Crippen molar-refractivity contribution < 1.29 is 23.5 Å². The summed E-state index contributed by atoms with van der Waals surface area (Å²) >= 11 is 1.14. The van der Waals surface area contributed by atoms with Crippen molar-refractivity contribution in [1.29, 1.82) is 0 Å². The number of methoxy groups -OCH3 is 1. The van der Waals surface area contributed by atoms with Crippen LogP contribution in [0.15, 0.2) is 18.2 Å². The van der Waals surface area contributed by atoms with E-state index in [-0.39, 0.29) is 19.1 Å². The van der Waals surface area contributed by atoms with E-state index in [1.807, 2.05) is 0 Å².